The van der Waals surface area contributed by atoms with Gasteiger partial charge in [-0.25, -0.2) is 0 Å². The molecule has 1 fully saturated rings. The largest absolute Gasteiger partial charge is 0.492 e. The molecule has 0 spiro atoms. The molecule has 0 radical (unpaired) electrons. The summed E-state index contributed by atoms with van der Waals surface area (Å²) >= 11 is 0. The monoisotopic (exact) mass is 263 g/mol. The van der Waals surface area contributed by atoms with Crippen LogP contribution in [0.25, 0.3) is 0 Å². The zero-order valence-corrected chi connectivity index (χ0v) is 11.0. The molecule has 0 bridgehead atoms. The maximum atomic E-state index is 11.1. The number of amides is 1. The highest BCUT2D eigenvalue weighted by atomic mass is 16.5. The van der Waals surface area contributed by atoms with E-state index in [4.69, 9.17) is 16.2 Å². The molecule has 5 heteroatoms. The minimum Gasteiger partial charge on any atom is -0.492 e. The van der Waals surface area contributed by atoms with E-state index in [1.165, 1.54) is 0 Å². The van der Waals surface area contributed by atoms with Crippen molar-refractivity contribution in [2.75, 3.05) is 26.2 Å². The van der Waals surface area contributed by atoms with Gasteiger partial charge in [0.25, 0.3) is 0 Å². The summed E-state index contributed by atoms with van der Waals surface area (Å²) in [5.41, 5.74) is 11.9. The molecule has 1 amide bonds. The fourth-order valence-electron chi connectivity index (χ4n) is 2.32. The molecule has 2 rings (SSSR count). The normalized spacial score (nSPS) is 19.5. The summed E-state index contributed by atoms with van der Waals surface area (Å²) in [4.78, 5) is 13.3. The number of carbonyl (C=O) groups is 1. The van der Waals surface area contributed by atoms with E-state index in [-0.39, 0.29) is 11.8 Å². The van der Waals surface area contributed by atoms with Crippen LogP contribution in [0.4, 0.5) is 0 Å². The quantitative estimate of drug-likeness (QED) is 0.775. The van der Waals surface area contributed by atoms with Crippen LogP contribution in [0.15, 0.2) is 24.3 Å². The van der Waals surface area contributed by atoms with E-state index in [0.717, 1.165) is 37.4 Å². The van der Waals surface area contributed by atoms with Crippen molar-refractivity contribution in [3.63, 3.8) is 0 Å². The third kappa shape index (κ3) is 3.94. The number of rotatable bonds is 6. The van der Waals surface area contributed by atoms with Crippen molar-refractivity contribution in [3.8, 4) is 5.75 Å². The number of carbonyl (C=O) groups excluding carboxylic acids is 1. The average Bonchev–Trinajstić information content (AvgIpc) is 2.88. The topological polar surface area (TPSA) is 81.6 Å². The fraction of sp³-hybridized carbons (Fsp3) is 0.500. The molecule has 1 aromatic carbocycles. The summed E-state index contributed by atoms with van der Waals surface area (Å²) in [5.74, 6) is 0.647. The van der Waals surface area contributed by atoms with Crippen LogP contribution in [0.5, 0.6) is 5.75 Å². The van der Waals surface area contributed by atoms with Crippen LogP contribution in [0.2, 0.25) is 0 Å². The Bertz CT molecular complexity index is 436. The van der Waals surface area contributed by atoms with E-state index < -0.39 is 0 Å². The van der Waals surface area contributed by atoms with Crippen molar-refractivity contribution in [2.45, 2.75) is 13.0 Å². The Labute approximate surface area is 113 Å². The van der Waals surface area contributed by atoms with Crippen LogP contribution in [-0.4, -0.2) is 37.0 Å². The van der Waals surface area contributed by atoms with Crippen LogP contribution in [0.1, 0.15) is 12.0 Å². The van der Waals surface area contributed by atoms with Crippen LogP contribution in [0.3, 0.4) is 0 Å². The smallest absolute Gasteiger partial charge is 0.221 e. The molecule has 5 nitrogen and oxygen atoms in total. The maximum Gasteiger partial charge on any atom is 0.221 e. The van der Waals surface area contributed by atoms with E-state index >= 15 is 0 Å². The summed E-state index contributed by atoms with van der Waals surface area (Å²) in [6, 6.07) is 7.80. The van der Waals surface area contributed by atoms with Gasteiger partial charge >= 0.3 is 0 Å². The second-order valence-corrected chi connectivity index (χ2v) is 4.89. The molecular formula is C14H21N3O2. The fourth-order valence-corrected chi connectivity index (χ4v) is 2.32. The third-order valence-corrected chi connectivity index (χ3v) is 3.49. The zero-order valence-electron chi connectivity index (χ0n) is 11.0. The van der Waals surface area contributed by atoms with Gasteiger partial charge in [-0.3, -0.25) is 9.69 Å². The predicted molar refractivity (Wildman–Crippen MR) is 73.6 cm³/mol. The van der Waals surface area contributed by atoms with Crippen molar-refractivity contribution in [1.82, 2.24) is 4.90 Å². The number of likely N-dealkylation sites (tertiary alicyclic amines) is 1. The Kier molecular flexibility index (Phi) is 4.76. The van der Waals surface area contributed by atoms with E-state index in [9.17, 15) is 4.79 Å². The van der Waals surface area contributed by atoms with E-state index in [1.807, 2.05) is 24.3 Å². The molecule has 1 aromatic rings. The first-order chi connectivity index (χ1) is 9.19. The number of primary amides is 1. The van der Waals surface area contributed by atoms with Crippen LogP contribution < -0.4 is 16.2 Å². The second kappa shape index (κ2) is 6.54. The summed E-state index contributed by atoms with van der Waals surface area (Å²) < 4.78 is 5.69. The lowest BCUT2D eigenvalue weighted by atomic mass is 10.1. The minimum absolute atomic E-state index is 0.000526. The number of ether oxygens (including phenoxy) is 1. The van der Waals surface area contributed by atoms with Gasteiger partial charge in [-0.2, -0.15) is 0 Å². The number of hydrogen-bond donors (Lipinski definition) is 2. The molecule has 1 aliphatic heterocycles. The lowest BCUT2D eigenvalue weighted by molar-refractivity contribution is -0.121. The summed E-state index contributed by atoms with van der Waals surface area (Å²) in [7, 11) is 0. The first kappa shape index (κ1) is 13.8. The van der Waals surface area contributed by atoms with Gasteiger partial charge in [0.1, 0.15) is 12.4 Å². The first-order valence-electron chi connectivity index (χ1n) is 6.62. The average molecular weight is 263 g/mol. The minimum atomic E-state index is -0.195. The number of nitrogens with zero attached hydrogens (tertiary/aromatic N) is 1. The van der Waals surface area contributed by atoms with Crippen molar-refractivity contribution >= 4 is 5.91 Å². The molecule has 1 heterocycles. The SMILES string of the molecule is NCc1cccc(OCCN2CCC(C(N)=O)C2)c1. The molecule has 4 N–H and O–H groups in total. The van der Waals surface area contributed by atoms with Gasteiger partial charge in [0.05, 0.1) is 5.92 Å². The van der Waals surface area contributed by atoms with E-state index in [1.54, 1.807) is 0 Å². The highest BCUT2D eigenvalue weighted by Gasteiger charge is 2.25. The zero-order chi connectivity index (χ0) is 13.7. The number of nitrogens with two attached hydrogens (primary N) is 2. The Balaban J connectivity index is 1.73. The lowest BCUT2D eigenvalue weighted by Crippen LogP contribution is -2.30. The van der Waals surface area contributed by atoms with Gasteiger partial charge in [0.15, 0.2) is 0 Å². The lowest BCUT2D eigenvalue weighted by Gasteiger charge is -2.15. The number of benzene rings is 1. The summed E-state index contributed by atoms with van der Waals surface area (Å²) in [5, 5.41) is 0. The highest BCUT2D eigenvalue weighted by Crippen LogP contribution is 2.16. The molecule has 0 aliphatic carbocycles. The highest BCUT2D eigenvalue weighted by molar-refractivity contribution is 5.77. The first-order valence-corrected chi connectivity index (χ1v) is 6.62. The Hall–Kier alpha value is -1.59. The predicted octanol–water partition coefficient (Wildman–Crippen LogP) is 0.331. The maximum absolute atomic E-state index is 11.1. The molecule has 1 aliphatic rings. The Morgan fingerprint density at radius 3 is 3.00 bits per heavy atom. The van der Waals surface area contributed by atoms with Gasteiger partial charge in [-0.05, 0) is 30.7 Å². The van der Waals surface area contributed by atoms with Crippen LogP contribution in [-0.2, 0) is 11.3 Å². The van der Waals surface area contributed by atoms with Crippen molar-refractivity contribution in [2.24, 2.45) is 17.4 Å². The van der Waals surface area contributed by atoms with Gasteiger partial charge in [0, 0.05) is 19.6 Å². The van der Waals surface area contributed by atoms with Crippen LogP contribution in [0, 0.1) is 5.92 Å². The Morgan fingerprint density at radius 1 is 1.47 bits per heavy atom. The van der Waals surface area contributed by atoms with Crippen LogP contribution >= 0.6 is 0 Å². The number of hydrogen-bond acceptors (Lipinski definition) is 4. The summed E-state index contributed by atoms with van der Waals surface area (Å²) in [6.07, 6.45) is 0.859. The standard InChI is InChI=1S/C14H21N3O2/c15-9-11-2-1-3-13(8-11)19-7-6-17-5-4-12(10-17)14(16)18/h1-3,8,12H,4-7,9-10,15H2,(H2,16,18). The second-order valence-electron chi connectivity index (χ2n) is 4.89. The van der Waals surface area contributed by atoms with Crippen molar-refractivity contribution in [3.05, 3.63) is 29.8 Å². The van der Waals surface area contributed by atoms with Gasteiger partial charge in [-0.15, -0.1) is 0 Å². The summed E-state index contributed by atoms with van der Waals surface area (Å²) in [6.45, 7) is 3.61. The van der Waals surface area contributed by atoms with Crippen molar-refractivity contribution < 1.29 is 9.53 Å². The molecule has 0 aromatic heterocycles. The van der Waals surface area contributed by atoms with Gasteiger partial charge < -0.3 is 16.2 Å². The molecule has 104 valence electrons. The Morgan fingerprint density at radius 2 is 2.32 bits per heavy atom. The molecular weight excluding hydrogens is 242 g/mol. The molecule has 1 atom stereocenters. The molecule has 19 heavy (non-hydrogen) atoms. The van der Waals surface area contributed by atoms with E-state index in [0.29, 0.717) is 13.2 Å². The van der Waals surface area contributed by atoms with Gasteiger partial charge in [0.2, 0.25) is 5.91 Å². The molecule has 1 saturated heterocycles. The van der Waals surface area contributed by atoms with E-state index in [2.05, 4.69) is 4.90 Å². The third-order valence-electron chi connectivity index (χ3n) is 3.49. The van der Waals surface area contributed by atoms with Crippen molar-refractivity contribution in [1.29, 1.82) is 0 Å². The van der Waals surface area contributed by atoms with Gasteiger partial charge in [-0.1, -0.05) is 12.1 Å². The molecule has 0 saturated carbocycles. The molecule has 1 unspecified atom stereocenters.